The van der Waals surface area contributed by atoms with Gasteiger partial charge in [-0.25, -0.2) is 4.98 Å². The molecule has 27 heavy (non-hydrogen) atoms. The smallest absolute Gasteiger partial charge is 0.118 e. The number of rotatable bonds is 4. The van der Waals surface area contributed by atoms with Gasteiger partial charge in [-0.05, 0) is 60.9 Å². The van der Waals surface area contributed by atoms with E-state index < -0.39 is 0 Å². The molecular formula is C24H22N2O. The van der Waals surface area contributed by atoms with Gasteiger partial charge in [0.25, 0.3) is 0 Å². The summed E-state index contributed by atoms with van der Waals surface area (Å²) >= 11 is 0. The lowest BCUT2D eigenvalue weighted by atomic mass is 10.0. The van der Waals surface area contributed by atoms with Crippen LogP contribution in [0.1, 0.15) is 18.1 Å². The number of benzene rings is 2. The Hall–Kier alpha value is -3.20. The van der Waals surface area contributed by atoms with Gasteiger partial charge in [-0.2, -0.15) is 0 Å². The molecule has 0 aliphatic heterocycles. The van der Waals surface area contributed by atoms with E-state index in [0.717, 1.165) is 40.2 Å². The van der Waals surface area contributed by atoms with E-state index in [2.05, 4.69) is 49.2 Å². The molecule has 4 aromatic rings. The zero-order valence-corrected chi connectivity index (χ0v) is 15.9. The molecule has 0 radical (unpaired) electrons. The minimum atomic E-state index is 0.853. The lowest BCUT2D eigenvalue weighted by Gasteiger charge is -2.09. The van der Waals surface area contributed by atoms with Crippen LogP contribution in [-0.2, 0) is 6.42 Å². The Morgan fingerprint density at radius 1 is 0.852 bits per heavy atom. The molecule has 4 rings (SSSR count). The SMILES string of the molecule is CCc1cc(-c2ccc(-c3ccc(OC)cc3)cn2)nc2ccc(C)cc12. The molecule has 0 amide bonds. The third-order valence-corrected chi connectivity index (χ3v) is 4.88. The van der Waals surface area contributed by atoms with E-state index in [-0.39, 0.29) is 0 Å². The van der Waals surface area contributed by atoms with Crippen molar-refractivity contribution in [1.29, 1.82) is 0 Å². The number of hydrogen-bond acceptors (Lipinski definition) is 3. The Morgan fingerprint density at radius 2 is 1.63 bits per heavy atom. The summed E-state index contributed by atoms with van der Waals surface area (Å²) in [6.07, 6.45) is 2.88. The normalized spacial score (nSPS) is 10.9. The maximum atomic E-state index is 5.22. The molecule has 0 unspecified atom stereocenters. The molecule has 0 aliphatic carbocycles. The van der Waals surface area contributed by atoms with Crippen molar-refractivity contribution in [3.8, 4) is 28.3 Å². The van der Waals surface area contributed by atoms with Crippen molar-refractivity contribution in [3.05, 3.63) is 78.0 Å². The first kappa shape index (κ1) is 17.2. The van der Waals surface area contributed by atoms with Crippen LogP contribution in [0.2, 0.25) is 0 Å². The van der Waals surface area contributed by atoms with Crippen LogP contribution in [0.4, 0.5) is 0 Å². The summed E-state index contributed by atoms with van der Waals surface area (Å²) in [7, 11) is 1.67. The largest absolute Gasteiger partial charge is 0.497 e. The summed E-state index contributed by atoms with van der Waals surface area (Å²) in [6.45, 7) is 4.30. The quantitative estimate of drug-likeness (QED) is 0.461. The molecule has 0 aliphatic rings. The highest BCUT2D eigenvalue weighted by Gasteiger charge is 2.09. The lowest BCUT2D eigenvalue weighted by molar-refractivity contribution is 0.415. The number of aryl methyl sites for hydroxylation is 2. The van der Waals surface area contributed by atoms with Gasteiger partial charge in [0.1, 0.15) is 5.75 Å². The first-order valence-electron chi connectivity index (χ1n) is 9.19. The van der Waals surface area contributed by atoms with Crippen LogP contribution in [0.5, 0.6) is 5.75 Å². The van der Waals surface area contributed by atoms with Crippen molar-refractivity contribution < 1.29 is 4.74 Å². The highest BCUT2D eigenvalue weighted by Crippen LogP contribution is 2.27. The van der Waals surface area contributed by atoms with Crippen molar-refractivity contribution in [2.75, 3.05) is 7.11 Å². The van der Waals surface area contributed by atoms with Gasteiger partial charge in [0, 0.05) is 17.1 Å². The minimum absolute atomic E-state index is 0.853. The van der Waals surface area contributed by atoms with Crippen LogP contribution in [0.25, 0.3) is 33.4 Å². The van der Waals surface area contributed by atoms with E-state index in [1.807, 2.05) is 36.5 Å². The zero-order chi connectivity index (χ0) is 18.8. The minimum Gasteiger partial charge on any atom is -0.497 e. The average Bonchev–Trinajstić information content (AvgIpc) is 2.73. The van der Waals surface area contributed by atoms with Gasteiger partial charge in [0.2, 0.25) is 0 Å². The summed E-state index contributed by atoms with van der Waals surface area (Å²) in [5.74, 6) is 0.853. The predicted molar refractivity (Wildman–Crippen MR) is 111 cm³/mol. The van der Waals surface area contributed by atoms with Crippen molar-refractivity contribution in [2.45, 2.75) is 20.3 Å². The standard InChI is InChI=1S/C24H22N2O/c1-4-17-14-24(26-22-11-5-16(2)13-21(17)22)23-12-8-19(15-25-23)18-6-9-20(27-3)10-7-18/h5-15H,4H2,1-3H3. The fraction of sp³-hybridized carbons (Fsp3) is 0.167. The maximum Gasteiger partial charge on any atom is 0.118 e. The van der Waals surface area contributed by atoms with Crippen molar-refractivity contribution in [3.63, 3.8) is 0 Å². The van der Waals surface area contributed by atoms with Gasteiger partial charge < -0.3 is 4.74 Å². The third-order valence-electron chi connectivity index (χ3n) is 4.88. The van der Waals surface area contributed by atoms with Crippen molar-refractivity contribution in [2.24, 2.45) is 0 Å². The molecular weight excluding hydrogens is 332 g/mol. The monoisotopic (exact) mass is 354 g/mol. The number of ether oxygens (including phenoxy) is 1. The molecule has 0 fully saturated rings. The van der Waals surface area contributed by atoms with Gasteiger partial charge in [0.05, 0.1) is 24.0 Å². The Bertz CT molecular complexity index is 1080. The highest BCUT2D eigenvalue weighted by atomic mass is 16.5. The molecule has 0 N–H and O–H groups in total. The summed E-state index contributed by atoms with van der Waals surface area (Å²) in [4.78, 5) is 9.52. The molecule has 3 nitrogen and oxygen atoms in total. The fourth-order valence-corrected chi connectivity index (χ4v) is 3.33. The Labute approximate surface area is 159 Å². The van der Waals surface area contributed by atoms with Gasteiger partial charge >= 0.3 is 0 Å². The van der Waals surface area contributed by atoms with Crippen LogP contribution < -0.4 is 4.74 Å². The molecule has 0 spiro atoms. The molecule has 2 aromatic heterocycles. The van der Waals surface area contributed by atoms with E-state index in [9.17, 15) is 0 Å². The summed E-state index contributed by atoms with van der Waals surface area (Å²) in [6, 6.07) is 20.7. The second-order valence-electron chi connectivity index (χ2n) is 6.70. The number of pyridine rings is 2. The van der Waals surface area contributed by atoms with Crippen molar-refractivity contribution >= 4 is 10.9 Å². The molecule has 0 saturated carbocycles. The molecule has 134 valence electrons. The van der Waals surface area contributed by atoms with Gasteiger partial charge in [-0.3, -0.25) is 4.98 Å². The number of fused-ring (bicyclic) bond motifs is 1. The predicted octanol–water partition coefficient (Wildman–Crippen LogP) is 5.84. The van der Waals surface area contributed by atoms with Crippen molar-refractivity contribution in [1.82, 2.24) is 9.97 Å². The summed E-state index contributed by atoms with van der Waals surface area (Å²) < 4.78 is 5.22. The number of methoxy groups -OCH3 is 1. The van der Waals surface area contributed by atoms with Crippen LogP contribution in [0.3, 0.4) is 0 Å². The molecule has 0 bridgehead atoms. The molecule has 2 heterocycles. The number of nitrogens with zero attached hydrogens (tertiary/aromatic N) is 2. The second kappa shape index (κ2) is 7.20. The topological polar surface area (TPSA) is 35.0 Å². The van der Waals surface area contributed by atoms with Gasteiger partial charge in [-0.1, -0.05) is 36.8 Å². The van der Waals surface area contributed by atoms with Crippen LogP contribution in [-0.4, -0.2) is 17.1 Å². The lowest BCUT2D eigenvalue weighted by Crippen LogP contribution is -1.94. The van der Waals surface area contributed by atoms with E-state index in [1.165, 1.54) is 16.5 Å². The van der Waals surface area contributed by atoms with E-state index in [0.29, 0.717) is 0 Å². The molecule has 3 heteroatoms. The highest BCUT2D eigenvalue weighted by molar-refractivity contribution is 5.85. The van der Waals surface area contributed by atoms with E-state index in [4.69, 9.17) is 9.72 Å². The van der Waals surface area contributed by atoms with Crippen LogP contribution in [0, 0.1) is 6.92 Å². The van der Waals surface area contributed by atoms with Crippen LogP contribution in [0.15, 0.2) is 66.9 Å². The summed E-state index contributed by atoms with van der Waals surface area (Å²) in [5.41, 5.74) is 7.60. The molecule has 0 atom stereocenters. The summed E-state index contributed by atoms with van der Waals surface area (Å²) in [5, 5.41) is 1.23. The van der Waals surface area contributed by atoms with Gasteiger partial charge in [0.15, 0.2) is 0 Å². The van der Waals surface area contributed by atoms with Gasteiger partial charge in [-0.15, -0.1) is 0 Å². The average molecular weight is 354 g/mol. The van der Waals surface area contributed by atoms with Crippen LogP contribution >= 0.6 is 0 Å². The first-order chi connectivity index (χ1) is 13.2. The Kier molecular flexibility index (Phi) is 4.59. The Balaban J connectivity index is 1.72. The molecule has 2 aromatic carbocycles. The first-order valence-corrected chi connectivity index (χ1v) is 9.19. The number of aromatic nitrogens is 2. The Morgan fingerprint density at radius 3 is 2.30 bits per heavy atom. The van der Waals surface area contributed by atoms with E-state index in [1.54, 1.807) is 7.11 Å². The fourth-order valence-electron chi connectivity index (χ4n) is 3.33. The second-order valence-corrected chi connectivity index (χ2v) is 6.70. The van der Waals surface area contributed by atoms with E-state index >= 15 is 0 Å². The maximum absolute atomic E-state index is 5.22. The molecule has 0 saturated heterocycles. The number of hydrogen-bond donors (Lipinski definition) is 0. The zero-order valence-electron chi connectivity index (χ0n) is 15.9. The third kappa shape index (κ3) is 3.41.